The predicted molar refractivity (Wildman–Crippen MR) is 402 cm³/mol. The molecule has 0 N–H and O–H groups in total. The van der Waals surface area contributed by atoms with Crippen molar-refractivity contribution in [1.82, 2.24) is 13.7 Å². The lowest BCUT2D eigenvalue weighted by Gasteiger charge is -2.45. The third-order valence-corrected chi connectivity index (χ3v) is 19.0. The summed E-state index contributed by atoms with van der Waals surface area (Å²) in [5.41, 5.74) is 3.48. The van der Waals surface area contributed by atoms with Gasteiger partial charge in [0.25, 0.3) is 6.71 Å². The zero-order valence-corrected chi connectivity index (χ0v) is 50.7. The van der Waals surface area contributed by atoms with Gasteiger partial charge in [-0.2, -0.15) is 0 Å². The number of hydrogen-bond donors (Lipinski definition) is 0. The minimum absolute atomic E-state index is 0.0838. The molecule has 5 aromatic heterocycles. The average molecular weight is 1260 g/mol. The summed E-state index contributed by atoms with van der Waals surface area (Å²) < 4.78 is 286. The van der Waals surface area contributed by atoms with Gasteiger partial charge in [0.15, 0.2) is 22.3 Å². The summed E-state index contributed by atoms with van der Waals surface area (Å²) in [6.07, 6.45) is 0. The number of para-hydroxylation sites is 10. The van der Waals surface area contributed by atoms with Crippen LogP contribution in [0.2, 0.25) is 0 Å². The van der Waals surface area contributed by atoms with Crippen molar-refractivity contribution in [2.24, 2.45) is 0 Å². The van der Waals surface area contributed by atoms with E-state index in [1.165, 1.54) is 13.7 Å². The summed E-state index contributed by atoms with van der Waals surface area (Å²) in [5, 5.41) is 0.683. The maximum Gasteiger partial charge on any atom is 0.252 e. The van der Waals surface area contributed by atoms with Crippen LogP contribution in [0.5, 0.6) is 0 Å². The van der Waals surface area contributed by atoms with Gasteiger partial charge < -0.3 is 32.3 Å². The third-order valence-electron chi connectivity index (χ3n) is 19.0. The van der Waals surface area contributed by atoms with E-state index < -0.39 is 187 Å². The van der Waals surface area contributed by atoms with Gasteiger partial charge in [-0.3, -0.25) is 0 Å². The van der Waals surface area contributed by atoms with Crippen LogP contribution in [0.3, 0.4) is 0 Å². The first-order valence-electron chi connectivity index (χ1n) is 45.4. The average Bonchev–Trinajstić information content (AvgIpc) is 1.55. The van der Waals surface area contributed by atoms with Crippen molar-refractivity contribution in [3.8, 4) is 28.2 Å². The van der Waals surface area contributed by atoms with Crippen LogP contribution in [0.1, 0.15) is 66.1 Å². The van der Waals surface area contributed by atoms with Crippen molar-refractivity contribution in [3.63, 3.8) is 0 Å². The topological polar surface area (TPSA) is 47.6 Å². The fourth-order valence-corrected chi connectivity index (χ4v) is 14.9. The highest BCUT2D eigenvalue weighted by atomic mass is 16.3. The molecule has 8 heteroatoms. The SMILES string of the molecule is [2H]c1c([2H])c([2H])c(-c2ccc3c(c2)N(c2cccc4c2oc2c(-n5c6c([2H])c([2H])c([2H])c([2H])c6c6c([2H])c([2H])c([2H])c([2H])c65)cccc24)c2cc(C(C)(C)C)cc4c2B3c2ccc(-n3c5c([2H])c([2H])c([2H])c([2H])c5c5c([2H])c([2H])c([2H])c([2H])c53)cc2N4c2cccc3c2oc2c(-n4c5c([2H])c([2H])c([2H])c([2H])c5c5c([2H])c([2H])c([2H])c([2H])c54)cccc23)c([2H])c1[2H]. The van der Waals surface area contributed by atoms with E-state index in [0.717, 1.165) is 0 Å². The van der Waals surface area contributed by atoms with E-state index >= 15 is 0 Å². The van der Waals surface area contributed by atoms with Crippen LogP contribution in [0.15, 0.2) is 305 Å². The van der Waals surface area contributed by atoms with Gasteiger partial charge in [-0.15, -0.1) is 0 Å². The molecule has 7 heterocycles. The van der Waals surface area contributed by atoms with Gasteiger partial charge in [-0.25, -0.2) is 0 Å². The standard InChI is InChI=1S/C88H58BN5O2/c1-88(2,3)55-50-81-83-82(51-55)94(78-44-22-34-66-64-32-20-42-76(85(64)96-87(66)78)92-73-39-17-11-29-61(73)62-30-12-18-40-74(62)92)80-52-56(90-69-35-13-7-25-57(69)58-26-8-14-36-70(58)90)46-48-68(80)89(83)67-47-45-54(53-23-5-4-6-24-53)49-79(67)93(81)77-43-21-33-65-63-31-19-41-75(84(63)95-86(65)77)91-71-37-15-9-27-59(71)60-28-10-16-38-72(60)91/h4-52H,1-3H3/i4D,5D,6D,7D,8D,9D,10D,11D,12D,13D,14D,15D,16D,17D,18D,23D,24D,25D,26D,27D,28D,29D,30D,35D,36D,37D,38D,39D,40D. The fraction of sp³-hybridized carbons (Fsp3) is 0.0455. The molecular formula is C88H58BN5O2. The second-order valence-electron chi connectivity index (χ2n) is 25.0. The summed E-state index contributed by atoms with van der Waals surface area (Å²) in [5.74, 6) is 0. The molecule has 0 saturated heterocycles. The smallest absolute Gasteiger partial charge is 0.252 e. The van der Waals surface area contributed by atoms with Crippen LogP contribution in [0, 0.1) is 0 Å². The quantitative estimate of drug-likeness (QED) is 0.156. The fourth-order valence-electron chi connectivity index (χ4n) is 14.9. The molecule has 0 amide bonds. The number of benzene rings is 14. The van der Waals surface area contributed by atoms with Gasteiger partial charge in [0.1, 0.15) is 0 Å². The second-order valence-corrected chi connectivity index (χ2v) is 25.0. The van der Waals surface area contributed by atoms with Gasteiger partial charge in [0.2, 0.25) is 0 Å². The molecule has 2 aliphatic rings. The Morgan fingerprint density at radius 1 is 0.302 bits per heavy atom. The predicted octanol–water partition coefficient (Wildman–Crippen LogP) is 21.8. The largest absolute Gasteiger partial charge is 0.452 e. The van der Waals surface area contributed by atoms with Crippen molar-refractivity contribution in [3.05, 3.63) is 302 Å². The molecule has 96 heavy (non-hydrogen) atoms. The molecule has 0 unspecified atom stereocenters. The number of nitrogens with zero attached hydrogens (tertiary/aromatic N) is 5. The molecule has 0 radical (unpaired) electrons. The van der Waals surface area contributed by atoms with E-state index in [-0.39, 0.29) is 116 Å². The Kier molecular flexibility index (Phi) is 6.66. The second kappa shape index (κ2) is 19.7. The Labute approximate surface area is 593 Å². The third kappa shape index (κ3) is 7.32. The molecule has 0 fully saturated rings. The lowest BCUT2D eigenvalue weighted by molar-refractivity contribution is 0.590. The van der Waals surface area contributed by atoms with E-state index in [9.17, 15) is 21.9 Å². The maximum absolute atomic E-state index is 9.72. The molecule has 450 valence electrons. The van der Waals surface area contributed by atoms with Gasteiger partial charge in [-0.1, -0.05) is 226 Å². The van der Waals surface area contributed by atoms with Gasteiger partial charge >= 0.3 is 0 Å². The van der Waals surface area contributed by atoms with E-state index in [4.69, 9.17) is 26.7 Å². The van der Waals surface area contributed by atoms with E-state index in [0.29, 0.717) is 77.6 Å². The van der Waals surface area contributed by atoms with Crippen molar-refractivity contribution in [2.45, 2.75) is 26.2 Å². The summed E-state index contributed by atoms with van der Waals surface area (Å²) >= 11 is 0. The molecule has 2 aliphatic heterocycles. The molecule has 7 nitrogen and oxygen atoms in total. The Morgan fingerprint density at radius 3 is 1.07 bits per heavy atom. The lowest BCUT2D eigenvalue weighted by Crippen LogP contribution is -2.61. The van der Waals surface area contributed by atoms with Gasteiger partial charge in [0, 0.05) is 82.3 Å². The number of rotatable bonds is 6. The number of fused-ring (bicyclic) bond motifs is 19. The molecule has 0 atom stereocenters. The summed E-state index contributed by atoms with van der Waals surface area (Å²) in [4.78, 5) is 3.88. The minimum atomic E-state index is -0.949. The summed E-state index contributed by atoms with van der Waals surface area (Å²) in [7, 11) is 0. The van der Waals surface area contributed by atoms with Crippen molar-refractivity contribution >= 4 is 167 Å². The Balaban J connectivity index is 0.907. The molecule has 0 saturated carbocycles. The first-order chi connectivity index (χ1) is 59.3. The van der Waals surface area contributed by atoms with Crippen LogP contribution in [-0.2, 0) is 5.41 Å². The number of furan rings is 2. The number of aromatic nitrogens is 3. The normalized spacial score (nSPS) is 17.3. The Bertz CT molecular complexity index is 8130. The lowest BCUT2D eigenvalue weighted by atomic mass is 9.33. The zero-order valence-electron chi connectivity index (χ0n) is 79.7. The van der Waals surface area contributed by atoms with Crippen LogP contribution in [-0.4, -0.2) is 20.4 Å². The molecule has 0 bridgehead atoms. The zero-order chi connectivity index (χ0) is 88.5. The first-order valence-corrected chi connectivity index (χ1v) is 30.9. The van der Waals surface area contributed by atoms with E-state index in [2.05, 4.69) is 0 Å². The molecule has 0 spiro atoms. The van der Waals surface area contributed by atoms with Crippen LogP contribution >= 0.6 is 0 Å². The molecule has 14 aromatic carbocycles. The number of hydrogen-bond acceptors (Lipinski definition) is 4. The van der Waals surface area contributed by atoms with Crippen molar-refractivity contribution < 1.29 is 48.6 Å². The van der Waals surface area contributed by atoms with Crippen LogP contribution in [0.25, 0.3) is 137 Å². The van der Waals surface area contributed by atoms with Crippen molar-refractivity contribution in [1.29, 1.82) is 0 Å². The monoisotopic (exact) mass is 1260 g/mol. The Morgan fingerprint density at radius 2 is 0.656 bits per heavy atom. The van der Waals surface area contributed by atoms with Crippen molar-refractivity contribution in [2.75, 3.05) is 9.80 Å². The molecular weight excluding hydrogens is 1170 g/mol. The van der Waals surface area contributed by atoms with E-state index in [1.807, 2.05) is 42.7 Å². The molecule has 21 rings (SSSR count). The maximum atomic E-state index is 9.72. The summed E-state index contributed by atoms with van der Waals surface area (Å²) in [6.45, 7) is 5.04. The van der Waals surface area contributed by atoms with E-state index in [1.54, 1.807) is 109 Å². The molecule has 0 aliphatic carbocycles. The summed E-state index contributed by atoms with van der Waals surface area (Å²) in [6, 6.07) is 17.8. The number of anilines is 6. The van der Waals surface area contributed by atoms with Gasteiger partial charge in [-0.05, 0) is 129 Å². The van der Waals surface area contributed by atoms with Crippen LogP contribution in [0.4, 0.5) is 34.1 Å². The van der Waals surface area contributed by atoms with Gasteiger partial charge in [0.05, 0.1) is 95.6 Å². The minimum Gasteiger partial charge on any atom is -0.452 e. The molecule has 19 aromatic rings. The highest BCUT2D eigenvalue weighted by Crippen LogP contribution is 2.52. The highest BCUT2D eigenvalue weighted by Gasteiger charge is 2.46. The highest BCUT2D eigenvalue weighted by molar-refractivity contribution is 7.00. The van der Waals surface area contributed by atoms with Crippen LogP contribution < -0.4 is 26.2 Å². The Hall–Kier alpha value is -12.3. The first kappa shape index (κ1) is 32.5.